The van der Waals surface area contributed by atoms with Crippen LogP contribution < -0.4 is 5.32 Å². The third kappa shape index (κ3) is 3.88. The zero-order valence-electron chi connectivity index (χ0n) is 13.4. The van der Waals surface area contributed by atoms with E-state index in [0.717, 1.165) is 36.5 Å². The van der Waals surface area contributed by atoms with Gasteiger partial charge in [-0.2, -0.15) is 0 Å². The van der Waals surface area contributed by atoms with Crippen molar-refractivity contribution >= 4 is 0 Å². The van der Waals surface area contributed by atoms with Crippen LogP contribution in [0.5, 0.6) is 0 Å². The van der Waals surface area contributed by atoms with Crippen LogP contribution in [-0.4, -0.2) is 11.0 Å². The quantitative estimate of drug-likeness (QED) is 0.869. The van der Waals surface area contributed by atoms with E-state index in [9.17, 15) is 0 Å². The van der Waals surface area contributed by atoms with Crippen LogP contribution in [0.2, 0.25) is 0 Å². The first kappa shape index (κ1) is 15.1. The summed E-state index contributed by atoms with van der Waals surface area (Å²) in [6, 6.07) is 0.679. The third-order valence-electron chi connectivity index (χ3n) is 5.54. The van der Waals surface area contributed by atoms with Gasteiger partial charge in [0.2, 0.25) is 5.89 Å². The van der Waals surface area contributed by atoms with Gasteiger partial charge in [0.15, 0.2) is 0 Å². The summed E-state index contributed by atoms with van der Waals surface area (Å²) in [5.74, 6) is 3.71. The molecule has 0 spiro atoms. The smallest absolute Gasteiger partial charge is 0.208 e. The Morgan fingerprint density at radius 3 is 2.62 bits per heavy atom. The number of nitrogens with zero attached hydrogens (tertiary/aromatic N) is 1. The van der Waals surface area contributed by atoms with Crippen molar-refractivity contribution in [2.75, 3.05) is 0 Å². The van der Waals surface area contributed by atoms with Crippen molar-refractivity contribution in [1.82, 2.24) is 10.3 Å². The summed E-state index contributed by atoms with van der Waals surface area (Å²) >= 11 is 0. The molecule has 0 aliphatic heterocycles. The van der Waals surface area contributed by atoms with E-state index >= 15 is 0 Å². The first-order valence-corrected chi connectivity index (χ1v) is 9.03. The predicted molar refractivity (Wildman–Crippen MR) is 85.0 cm³/mol. The highest BCUT2D eigenvalue weighted by Gasteiger charge is 2.32. The first-order chi connectivity index (χ1) is 10.4. The van der Waals surface area contributed by atoms with Crippen LogP contribution in [0, 0.1) is 11.8 Å². The third-order valence-corrected chi connectivity index (χ3v) is 5.54. The van der Waals surface area contributed by atoms with Gasteiger partial charge >= 0.3 is 0 Å². The van der Waals surface area contributed by atoms with Gasteiger partial charge in [-0.1, -0.05) is 51.9 Å². The Kier molecular flexibility index (Phi) is 5.34. The van der Waals surface area contributed by atoms with Crippen molar-refractivity contribution in [1.29, 1.82) is 0 Å². The van der Waals surface area contributed by atoms with E-state index in [1.807, 2.05) is 6.20 Å². The molecule has 0 radical (unpaired) electrons. The fourth-order valence-electron chi connectivity index (χ4n) is 4.35. The zero-order chi connectivity index (χ0) is 14.5. The molecule has 118 valence electrons. The second-order valence-corrected chi connectivity index (χ2v) is 6.91. The summed E-state index contributed by atoms with van der Waals surface area (Å²) in [6.45, 7) is 2.91. The zero-order valence-corrected chi connectivity index (χ0v) is 13.4. The molecule has 3 heteroatoms. The molecular weight excluding hydrogens is 260 g/mol. The summed E-state index contributed by atoms with van der Waals surface area (Å²) in [5.41, 5.74) is 0. The number of aromatic nitrogens is 1. The molecule has 0 aromatic carbocycles. The van der Waals surface area contributed by atoms with E-state index in [0.29, 0.717) is 6.04 Å². The van der Waals surface area contributed by atoms with Gasteiger partial charge in [0.1, 0.15) is 5.76 Å². The molecular formula is C18H30N2O. The minimum absolute atomic E-state index is 0.679. The second-order valence-electron chi connectivity index (χ2n) is 6.91. The maximum atomic E-state index is 5.73. The highest BCUT2D eigenvalue weighted by molar-refractivity contribution is 4.94. The molecule has 3 rings (SSSR count). The monoisotopic (exact) mass is 290 g/mol. The minimum atomic E-state index is 0.679. The van der Waals surface area contributed by atoms with Crippen molar-refractivity contribution in [3.63, 3.8) is 0 Å². The largest absolute Gasteiger partial charge is 0.444 e. The SMILES string of the molecule is CCc1cnc(CNC2CCCCC2C2CCCCC2)o1. The molecule has 2 aliphatic carbocycles. The van der Waals surface area contributed by atoms with Crippen molar-refractivity contribution < 1.29 is 4.42 Å². The van der Waals surface area contributed by atoms with Gasteiger partial charge in [0.25, 0.3) is 0 Å². The van der Waals surface area contributed by atoms with Gasteiger partial charge in [0, 0.05) is 12.5 Å². The van der Waals surface area contributed by atoms with E-state index in [4.69, 9.17) is 4.42 Å². The van der Waals surface area contributed by atoms with E-state index in [1.54, 1.807) is 0 Å². The number of rotatable bonds is 5. The van der Waals surface area contributed by atoms with Gasteiger partial charge in [0.05, 0.1) is 12.7 Å². The number of hydrogen-bond donors (Lipinski definition) is 1. The van der Waals surface area contributed by atoms with Crippen LogP contribution >= 0.6 is 0 Å². The Balaban J connectivity index is 1.56. The number of oxazole rings is 1. The fraction of sp³-hybridized carbons (Fsp3) is 0.833. The molecule has 1 N–H and O–H groups in total. The maximum Gasteiger partial charge on any atom is 0.208 e. The van der Waals surface area contributed by atoms with Crippen LogP contribution in [0.1, 0.15) is 76.4 Å². The van der Waals surface area contributed by atoms with Crippen LogP contribution in [0.4, 0.5) is 0 Å². The molecule has 2 aliphatic rings. The molecule has 1 aromatic heterocycles. The summed E-state index contributed by atoms with van der Waals surface area (Å²) in [4.78, 5) is 4.38. The van der Waals surface area contributed by atoms with E-state index in [2.05, 4.69) is 17.2 Å². The molecule has 1 heterocycles. The lowest BCUT2D eigenvalue weighted by molar-refractivity contribution is 0.147. The van der Waals surface area contributed by atoms with E-state index in [1.165, 1.54) is 57.8 Å². The molecule has 0 bridgehead atoms. The van der Waals surface area contributed by atoms with E-state index in [-0.39, 0.29) is 0 Å². The number of aryl methyl sites for hydroxylation is 1. The maximum absolute atomic E-state index is 5.73. The molecule has 21 heavy (non-hydrogen) atoms. The summed E-state index contributed by atoms with van der Waals surface area (Å²) in [7, 11) is 0. The molecule has 3 nitrogen and oxygen atoms in total. The van der Waals surface area contributed by atoms with Crippen LogP contribution in [-0.2, 0) is 13.0 Å². The Bertz CT molecular complexity index is 423. The van der Waals surface area contributed by atoms with Crippen molar-refractivity contribution in [3.8, 4) is 0 Å². The Morgan fingerprint density at radius 2 is 1.86 bits per heavy atom. The summed E-state index contributed by atoms with van der Waals surface area (Å²) in [6.07, 6.45) is 15.7. The highest BCUT2D eigenvalue weighted by atomic mass is 16.4. The topological polar surface area (TPSA) is 38.1 Å². The Labute approximate surface area is 128 Å². The van der Waals surface area contributed by atoms with Crippen molar-refractivity contribution in [2.45, 2.75) is 83.7 Å². The molecule has 2 unspecified atom stereocenters. The average Bonchev–Trinajstić information content (AvgIpc) is 3.02. The fourth-order valence-corrected chi connectivity index (χ4v) is 4.35. The second kappa shape index (κ2) is 7.44. The molecule has 1 aromatic rings. The number of hydrogen-bond acceptors (Lipinski definition) is 3. The minimum Gasteiger partial charge on any atom is -0.444 e. The molecule has 2 atom stereocenters. The average molecular weight is 290 g/mol. The lowest BCUT2D eigenvalue weighted by Gasteiger charge is -2.39. The van der Waals surface area contributed by atoms with Crippen LogP contribution in [0.15, 0.2) is 10.6 Å². The lowest BCUT2D eigenvalue weighted by atomic mass is 9.71. The predicted octanol–water partition coefficient (Wildman–Crippen LogP) is 4.47. The van der Waals surface area contributed by atoms with Gasteiger partial charge in [-0.25, -0.2) is 4.98 Å². The van der Waals surface area contributed by atoms with Gasteiger partial charge in [-0.3, -0.25) is 0 Å². The van der Waals surface area contributed by atoms with Crippen LogP contribution in [0.25, 0.3) is 0 Å². The van der Waals surface area contributed by atoms with E-state index < -0.39 is 0 Å². The number of nitrogens with one attached hydrogen (secondary N) is 1. The summed E-state index contributed by atoms with van der Waals surface area (Å²) in [5, 5.41) is 3.77. The molecule has 0 saturated heterocycles. The van der Waals surface area contributed by atoms with Gasteiger partial charge in [-0.05, 0) is 24.7 Å². The molecule has 0 amide bonds. The first-order valence-electron chi connectivity index (χ1n) is 9.03. The Hall–Kier alpha value is -0.830. The molecule has 2 fully saturated rings. The van der Waals surface area contributed by atoms with Gasteiger partial charge in [-0.15, -0.1) is 0 Å². The Morgan fingerprint density at radius 1 is 1.10 bits per heavy atom. The highest BCUT2D eigenvalue weighted by Crippen LogP contribution is 2.38. The van der Waals surface area contributed by atoms with Crippen LogP contribution in [0.3, 0.4) is 0 Å². The van der Waals surface area contributed by atoms with Gasteiger partial charge < -0.3 is 9.73 Å². The summed E-state index contributed by atoms with van der Waals surface area (Å²) < 4.78 is 5.73. The molecule has 2 saturated carbocycles. The van der Waals surface area contributed by atoms with Crippen molar-refractivity contribution in [2.24, 2.45) is 11.8 Å². The van der Waals surface area contributed by atoms with Crippen molar-refractivity contribution in [3.05, 3.63) is 17.8 Å². The normalized spacial score (nSPS) is 27.9. The lowest BCUT2D eigenvalue weighted by Crippen LogP contribution is -2.42. The standard InChI is InChI=1S/C18H30N2O/c1-2-15-12-20-18(21-15)13-19-17-11-7-6-10-16(17)14-8-4-3-5-9-14/h12,14,16-17,19H,2-11,13H2,1H3.